The Kier molecular flexibility index (Phi) is 6.35. The second-order valence-electron chi connectivity index (χ2n) is 8.33. The number of rotatable bonds is 5. The van der Waals surface area contributed by atoms with Crippen LogP contribution in [0.2, 0.25) is 0 Å². The number of fused-ring (bicyclic) bond motifs is 2. The summed E-state index contributed by atoms with van der Waals surface area (Å²) in [7, 11) is 1.20. The summed E-state index contributed by atoms with van der Waals surface area (Å²) in [6.07, 6.45) is -4.38. The van der Waals surface area contributed by atoms with Gasteiger partial charge in [-0.15, -0.1) is 0 Å². The topological polar surface area (TPSA) is 181 Å². The van der Waals surface area contributed by atoms with Gasteiger partial charge in [0.1, 0.15) is 24.4 Å². The lowest BCUT2D eigenvalue weighted by atomic mass is 9.78. The second kappa shape index (κ2) is 8.80. The number of aliphatic hydroxyl groups is 5. The lowest BCUT2D eigenvalue weighted by Crippen LogP contribution is -2.60. The number of methoxy groups -OCH3 is 1. The Hall–Kier alpha value is -2.32. The lowest BCUT2D eigenvalue weighted by molar-refractivity contribution is -0.344. The van der Waals surface area contributed by atoms with Crippen LogP contribution in [0.1, 0.15) is 6.92 Å². The van der Waals surface area contributed by atoms with E-state index in [4.69, 9.17) is 23.7 Å². The maximum absolute atomic E-state index is 12.4. The largest absolute Gasteiger partial charge is 0.471 e. The van der Waals surface area contributed by atoms with Crippen molar-refractivity contribution in [1.82, 2.24) is 0 Å². The third-order valence-corrected chi connectivity index (χ3v) is 6.33. The highest BCUT2D eigenvalue weighted by Crippen LogP contribution is 2.50. The smallest absolute Gasteiger partial charge is 0.337 e. The van der Waals surface area contributed by atoms with Gasteiger partial charge in [0.05, 0.1) is 43.1 Å². The van der Waals surface area contributed by atoms with Gasteiger partial charge in [-0.1, -0.05) is 6.08 Å². The summed E-state index contributed by atoms with van der Waals surface area (Å²) < 4.78 is 27.2. The molecule has 10 atom stereocenters. The molecule has 0 amide bonds. The highest BCUT2D eigenvalue weighted by molar-refractivity contribution is 5.94. The molecule has 0 radical (unpaired) electrons. The monoisotopic (exact) mass is 470 g/mol. The molecule has 0 aromatic heterocycles. The molecule has 5 N–H and O–H groups in total. The summed E-state index contributed by atoms with van der Waals surface area (Å²) in [4.78, 5) is 24.7. The Morgan fingerprint density at radius 3 is 2.55 bits per heavy atom. The van der Waals surface area contributed by atoms with Crippen LogP contribution in [0.3, 0.4) is 0 Å². The summed E-state index contributed by atoms with van der Waals surface area (Å²) in [6.45, 7) is 0.750. The highest BCUT2D eigenvalue weighted by atomic mass is 16.8. The minimum Gasteiger partial charge on any atom is -0.471 e. The van der Waals surface area contributed by atoms with Crippen LogP contribution < -0.4 is 0 Å². The van der Waals surface area contributed by atoms with Crippen LogP contribution in [0, 0.1) is 11.8 Å². The standard InChI is InChI=1S/C21H26O12/c1-8(23)10-5-21(33-18(10)28)4-3-9-11(17(27)29-2)7-30-19(13(9)21)32-20-16(26)15(25)14(24)12(6-22)31-20/h3-5,7-9,12-16,19-20,22-26H,6H2,1-2H3/t8-,9?,12?,13?,14?,15?,16?,19?,20?,21-/m0/s1. The Morgan fingerprint density at radius 1 is 1.21 bits per heavy atom. The predicted molar refractivity (Wildman–Crippen MR) is 105 cm³/mol. The fourth-order valence-electron chi connectivity index (χ4n) is 4.57. The normalized spacial score (nSPS) is 42.8. The molecular weight excluding hydrogens is 444 g/mol. The first kappa shape index (κ1) is 23.8. The quantitative estimate of drug-likeness (QED) is 0.213. The van der Waals surface area contributed by atoms with Crippen LogP contribution in [0.25, 0.3) is 0 Å². The number of allylic oxidation sites excluding steroid dienone is 1. The van der Waals surface area contributed by atoms with Crippen LogP contribution in [-0.4, -0.2) is 99.9 Å². The molecule has 3 heterocycles. The fraction of sp³-hybridized carbons (Fsp3) is 0.619. The molecule has 0 saturated carbocycles. The van der Waals surface area contributed by atoms with Crippen molar-refractivity contribution in [2.45, 2.75) is 55.6 Å². The van der Waals surface area contributed by atoms with Crippen LogP contribution in [-0.2, 0) is 33.3 Å². The lowest BCUT2D eigenvalue weighted by Gasteiger charge is -2.44. The molecule has 182 valence electrons. The molecule has 3 aliphatic heterocycles. The maximum atomic E-state index is 12.4. The van der Waals surface area contributed by atoms with Crippen LogP contribution >= 0.6 is 0 Å². The molecule has 12 heteroatoms. The fourth-order valence-corrected chi connectivity index (χ4v) is 4.57. The number of aliphatic hydroxyl groups excluding tert-OH is 5. The summed E-state index contributed by atoms with van der Waals surface area (Å²) in [5.41, 5.74) is -1.30. The highest BCUT2D eigenvalue weighted by Gasteiger charge is 2.59. The zero-order chi connectivity index (χ0) is 24.1. The zero-order valence-electron chi connectivity index (χ0n) is 17.8. The summed E-state index contributed by atoms with van der Waals surface area (Å²) in [5.74, 6) is -3.03. The van der Waals surface area contributed by atoms with Gasteiger partial charge in [-0.2, -0.15) is 0 Å². The molecule has 4 aliphatic rings. The van der Waals surface area contributed by atoms with E-state index in [2.05, 4.69) is 0 Å². The van der Waals surface area contributed by atoms with E-state index < -0.39 is 79.1 Å². The van der Waals surface area contributed by atoms with E-state index in [-0.39, 0.29) is 11.1 Å². The van der Waals surface area contributed by atoms with Gasteiger partial charge in [-0.05, 0) is 19.1 Å². The first-order valence-corrected chi connectivity index (χ1v) is 10.4. The van der Waals surface area contributed by atoms with E-state index in [1.54, 1.807) is 12.2 Å². The molecule has 33 heavy (non-hydrogen) atoms. The number of carbonyl (C=O) groups is 2. The number of hydrogen-bond donors (Lipinski definition) is 5. The third-order valence-electron chi connectivity index (χ3n) is 6.33. The average molecular weight is 470 g/mol. The average Bonchev–Trinajstić information content (AvgIpc) is 3.34. The molecule has 8 unspecified atom stereocenters. The predicted octanol–water partition coefficient (Wildman–Crippen LogP) is -2.38. The van der Waals surface area contributed by atoms with Gasteiger partial charge in [-0.3, -0.25) is 0 Å². The number of ether oxygens (including phenoxy) is 5. The molecule has 0 aromatic carbocycles. The van der Waals surface area contributed by atoms with Crippen molar-refractivity contribution in [3.63, 3.8) is 0 Å². The number of esters is 2. The van der Waals surface area contributed by atoms with E-state index in [1.807, 2.05) is 0 Å². The van der Waals surface area contributed by atoms with Crippen molar-refractivity contribution in [3.05, 3.63) is 35.6 Å². The maximum Gasteiger partial charge on any atom is 0.337 e. The SMILES string of the molecule is COC(=O)C1=COC(OC2OC(CO)C(O)C(O)C2O)C2C1C=C[C@]21C=C([C@H](C)O)C(=O)O1. The van der Waals surface area contributed by atoms with Gasteiger partial charge in [0.15, 0.2) is 11.9 Å². The molecule has 1 aliphatic carbocycles. The van der Waals surface area contributed by atoms with Crippen molar-refractivity contribution in [1.29, 1.82) is 0 Å². The number of carbonyl (C=O) groups excluding carboxylic acids is 2. The van der Waals surface area contributed by atoms with Crippen LogP contribution in [0.15, 0.2) is 35.6 Å². The first-order valence-electron chi connectivity index (χ1n) is 10.4. The number of hydrogen-bond acceptors (Lipinski definition) is 12. The van der Waals surface area contributed by atoms with Gasteiger partial charge in [0.2, 0.25) is 6.29 Å². The summed E-state index contributed by atoms with van der Waals surface area (Å²) in [5, 5.41) is 49.8. The molecule has 0 bridgehead atoms. The minimum atomic E-state index is -1.70. The molecule has 1 spiro atoms. The zero-order valence-corrected chi connectivity index (χ0v) is 17.8. The van der Waals surface area contributed by atoms with Gasteiger partial charge in [0.25, 0.3) is 0 Å². The molecule has 12 nitrogen and oxygen atoms in total. The minimum absolute atomic E-state index is 0.0149. The van der Waals surface area contributed by atoms with Gasteiger partial charge in [0, 0.05) is 5.92 Å². The van der Waals surface area contributed by atoms with Crippen molar-refractivity contribution < 1.29 is 58.8 Å². The van der Waals surface area contributed by atoms with Crippen molar-refractivity contribution in [3.8, 4) is 0 Å². The van der Waals surface area contributed by atoms with Gasteiger partial charge < -0.3 is 49.2 Å². The van der Waals surface area contributed by atoms with Crippen molar-refractivity contribution in [2.24, 2.45) is 11.8 Å². The summed E-state index contributed by atoms with van der Waals surface area (Å²) >= 11 is 0. The van der Waals surface area contributed by atoms with Crippen molar-refractivity contribution in [2.75, 3.05) is 13.7 Å². The van der Waals surface area contributed by atoms with E-state index in [9.17, 15) is 35.1 Å². The van der Waals surface area contributed by atoms with Crippen LogP contribution in [0.5, 0.6) is 0 Å². The Morgan fingerprint density at radius 2 is 1.94 bits per heavy atom. The summed E-state index contributed by atoms with van der Waals surface area (Å²) in [6, 6.07) is 0. The molecule has 1 saturated heterocycles. The molecule has 0 aromatic rings. The Bertz CT molecular complexity index is 892. The third kappa shape index (κ3) is 3.87. The Balaban J connectivity index is 1.67. The molecular formula is C21H26O12. The van der Waals surface area contributed by atoms with E-state index in [1.165, 1.54) is 20.1 Å². The molecule has 4 rings (SSSR count). The van der Waals surface area contributed by atoms with E-state index >= 15 is 0 Å². The van der Waals surface area contributed by atoms with Gasteiger partial charge >= 0.3 is 11.9 Å². The van der Waals surface area contributed by atoms with E-state index in [0.29, 0.717) is 0 Å². The van der Waals surface area contributed by atoms with Gasteiger partial charge in [-0.25, -0.2) is 9.59 Å². The first-order chi connectivity index (χ1) is 15.6. The van der Waals surface area contributed by atoms with Crippen LogP contribution in [0.4, 0.5) is 0 Å². The Labute approximate surface area is 188 Å². The van der Waals surface area contributed by atoms with Crippen molar-refractivity contribution >= 4 is 11.9 Å². The molecule has 1 fully saturated rings. The van der Waals surface area contributed by atoms with E-state index in [0.717, 1.165) is 6.26 Å². The second-order valence-corrected chi connectivity index (χ2v) is 8.33.